The molecule has 0 bridgehead atoms. The maximum Gasteiger partial charge on any atom is 0.306 e. The lowest BCUT2D eigenvalue weighted by Crippen LogP contribution is -2.27. The summed E-state index contributed by atoms with van der Waals surface area (Å²) in [4.78, 5) is 12.8. The standard InChI is InChI=1S/C15H16F3NO2/c16-9-5-11(14(18)12(17)6-9)13-2-1-3-19(13)7-8-4-10(8)15(20)21/h5-6,8,10,13H,1-4,7H2,(H,20,21)/t8-,10+,13?/m0/s1. The van der Waals surface area contributed by atoms with E-state index in [0.29, 0.717) is 32.0 Å². The first kappa shape index (κ1) is 14.4. The molecule has 0 spiro atoms. The molecule has 1 aromatic rings. The lowest BCUT2D eigenvalue weighted by molar-refractivity contribution is -0.138. The average molecular weight is 299 g/mol. The molecule has 1 unspecified atom stereocenters. The van der Waals surface area contributed by atoms with E-state index >= 15 is 0 Å². The molecule has 1 saturated carbocycles. The minimum atomic E-state index is -1.17. The first-order valence-corrected chi connectivity index (χ1v) is 7.08. The lowest BCUT2D eigenvalue weighted by atomic mass is 10.0. The number of rotatable bonds is 4. The SMILES string of the molecule is O=C(O)[C@@H]1C[C@H]1CN1CCCC1c1cc(F)cc(F)c1F. The highest BCUT2D eigenvalue weighted by molar-refractivity contribution is 5.73. The Bertz CT molecular complexity index is 578. The summed E-state index contributed by atoms with van der Waals surface area (Å²) in [6, 6.07) is 1.22. The molecule has 0 radical (unpaired) electrons. The van der Waals surface area contributed by atoms with Crippen molar-refractivity contribution in [2.75, 3.05) is 13.1 Å². The zero-order valence-electron chi connectivity index (χ0n) is 11.4. The quantitative estimate of drug-likeness (QED) is 0.869. The number of carboxylic acids is 1. The Kier molecular flexibility index (Phi) is 3.65. The van der Waals surface area contributed by atoms with Crippen molar-refractivity contribution < 1.29 is 23.1 Å². The summed E-state index contributed by atoms with van der Waals surface area (Å²) in [5, 5.41) is 8.92. The van der Waals surface area contributed by atoms with Gasteiger partial charge < -0.3 is 5.11 Å². The summed E-state index contributed by atoms with van der Waals surface area (Å²) < 4.78 is 40.6. The van der Waals surface area contributed by atoms with Crippen LogP contribution in [0.15, 0.2) is 12.1 Å². The van der Waals surface area contributed by atoms with Crippen LogP contribution >= 0.6 is 0 Å². The van der Waals surface area contributed by atoms with Crippen LogP contribution in [0.2, 0.25) is 0 Å². The number of nitrogens with zero attached hydrogens (tertiary/aromatic N) is 1. The van der Waals surface area contributed by atoms with Crippen LogP contribution in [0.4, 0.5) is 13.2 Å². The molecule has 1 saturated heterocycles. The molecule has 2 aliphatic rings. The number of aliphatic carboxylic acids is 1. The van der Waals surface area contributed by atoms with Crippen molar-refractivity contribution in [3.63, 3.8) is 0 Å². The second-order valence-electron chi connectivity index (χ2n) is 5.88. The van der Waals surface area contributed by atoms with Crippen LogP contribution in [0.5, 0.6) is 0 Å². The maximum absolute atomic E-state index is 13.9. The second-order valence-corrected chi connectivity index (χ2v) is 5.88. The van der Waals surface area contributed by atoms with Crippen molar-refractivity contribution in [2.45, 2.75) is 25.3 Å². The predicted molar refractivity (Wildman–Crippen MR) is 69.1 cm³/mol. The minimum absolute atomic E-state index is 0.0394. The summed E-state index contributed by atoms with van der Waals surface area (Å²) in [5.74, 6) is -4.04. The Balaban J connectivity index is 1.77. The van der Waals surface area contributed by atoms with Crippen LogP contribution in [0.1, 0.15) is 30.9 Å². The minimum Gasteiger partial charge on any atom is -0.481 e. The highest BCUT2D eigenvalue weighted by atomic mass is 19.2. The zero-order chi connectivity index (χ0) is 15.1. The van der Waals surface area contributed by atoms with E-state index in [1.165, 1.54) is 0 Å². The third-order valence-corrected chi connectivity index (χ3v) is 4.45. The van der Waals surface area contributed by atoms with Gasteiger partial charge in [-0.25, -0.2) is 13.2 Å². The van der Waals surface area contributed by atoms with E-state index in [4.69, 9.17) is 5.11 Å². The Morgan fingerprint density at radius 2 is 2.10 bits per heavy atom. The van der Waals surface area contributed by atoms with E-state index < -0.39 is 23.4 Å². The normalized spacial score (nSPS) is 28.8. The lowest BCUT2D eigenvalue weighted by Gasteiger charge is -2.25. The highest BCUT2D eigenvalue weighted by Crippen LogP contribution is 2.43. The summed E-state index contributed by atoms with van der Waals surface area (Å²) in [5.41, 5.74) is 0.0394. The predicted octanol–water partition coefficient (Wildman–Crippen LogP) is 2.96. The van der Waals surface area contributed by atoms with Crippen LogP contribution in [0.3, 0.4) is 0 Å². The molecule has 1 aliphatic carbocycles. The molecule has 0 aromatic heterocycles. The van der Waals surface area contributed by atoms with Crippen molar-refractivity contribution in [1.29, 1.82) is 0 Å². The van der Waals surface area contributed by atoms with Gasteiger partial charge in [0, 0.05) is 24.2 Å². The highest BCUT2D eigenvalue weighted by Gasteiger charge is 2.45. The van der Waals surface area contributed by atoms with Crippen molar-refractivity contribution >= 4 is 5.97 Å². The molecule has 21 heavy (non-hydrogen) atoms. The fourth-order valence-electron chi connectivity index (χ4n) is 3.27. The Morgan fingerprint density at radius 3 is 2.76 bits per heavy atom. The van der Waals surface area contributed by atoms with Gasteiger partial charge in [-0.2, -0.15) is 0 Å². The molecule has 1 N–H and O–H groups in total. The van der Waals surface area contributed by atoms with Gasteiger partial charge in [0.1, 0.15) is 5.82 Å². The number of likely N-dealkylation sites (tertiary alicyclic amines) is 1. The molecule has 1 aromatic carbocycles. The van der Waals surface area contributed by atoms with Gasteiger partial charge in [-0.15, -0.1) is 0 Å². The summed E-state index contributed by atoms with van der Waals surface area (Å²) in [7, 11) is 0. The van der Waals surface area contributed by atoms with E-state index in [1.54, 1.807) is 0 Å². The van der Waals surface area contributed by atoms with Gasteiger partial charge in [0.2, 0.25) is 0 Å². The second kappa shape index (κ2) is 5.33. The first-order chi connectivity index (χ1) is 9.97. The Morgan fingerprint density at radius 1 is 1.33 bits per heavy atom. The van der Waals surface area contributed by atoms with Gasteiger partial charge in [-0.05, 0) is 37.8 Å². The topological polar surface area (TPSA) is 40.5 Å². The molecule has 2 fully saturated rings. The van der Waals surface area contributed by atoms with Crippen molar-refractivity contribution in [3.05, 3.63) is 35.1 Å². The summed E-state index contributed by atoms with van der Waals surface area (Å²) in [6.45, 7) is 1.24. The van der Waals surface area contributed by atoms with Crippen LogP contribution in [0.25, 0.3) is 0 Å². The van der Waals surface area contributed by atoms with Crippen molar-refractivity contribution in [1.82, 2.24) is 4.90 Å². The maximum atomic E-state index is 13.9. The molecule has 6 heteroatoms. The van der Waals surface area contributed by atoms with E-state index in [2.05, 4.69) is 0 Å². The fraction of sp³-hybridized carbons (Fsp3) is 0.533. The molecule has 3 nitrogen and oxygen atoms in total. The zero-order valence-corrected chi connectivity index (χ0v) is 11.4. The van der Waals surface area contributed by atoms with Crippen LogP contribution in [-0.4, -0.2) is 29.1 Å². The number of hydrogen-bond donors (Lipinski definition) is 1. The smallest absolute Gasteiger partial charge is 0.306 e. The molecule has 1 heterocycles. The van der Waals surface area contributed by atoms with Gasteiger partial charge >= 0.3 is 5.97 Å². The molecule has 3 rings (SSSR count). The molecular formula is C15H16F3NO2. The van der Waals surface area contributed by atoms with Crippen LogP contribution in [0, 0.1) is 29.3 Å². The van der Waals surface area contributed by atoms with Gasteiger partial charge in [0.15, 0.2) is 11.6 Å². The Hall–Kier alpha value is -1.56. The van der Waals surface area contributed by atoms with Crippen molar-refractivity contribution in [3.8, 4) is 0 Å². The fourth-order valence-corrected chi connectivity index (χ4v) is 3.27. The van der Waals surface area contributed by atoms with E-state index in [0.717, 1.165) is 12.5 Å². The largest absolute Gasteiger partial charge is 0.481 e. The average Bonchev–Trinajstić information content (AvgIpc) is 3.03. The van der Waals surface area contributed by atoms with Crippen LogP contribution < -0.4 is 0 Å². The van der Waals surface area contributed by atoms with E-state index in [9.17, 15) is 18.0 Å². The summed E-state index contributed by atoms with van der Waals surface area (Å²) in [6.07, 6.45) is 2.06. The van der Waals surface area contributed by atoms with Crippen LogP contribution in [-0.2, 0) is 4.79 Å². The Labute approximate surface area is 120 Å². The molecule has 114 valence electrons. The molecular weight excluding hydrogens is 283 g/mol. The number of benzene rings is 1. The molecule has 3 atom stereocenters. The molecule has 0 amide bonds. The van der Waals surface area contributed by atoms with Gasteiger partial charge in [0.05, 0.1) is 5.92 Å². The first-order valence-electron chi connectivity index (χ1n) is 7.08. The molecule has 1 aliphatic heterocycles. The van der Waals surface area contributed by atoms with Gasteiger partial charge in [-0.3, -0.25) is 9.69 Å². The number of carbonyl (C=O) groups is 1. The third-order valence-electron chi connectivity index (χ3n) is 4.45. The van der Waals surface area contributed by atoms with E-state index in [-0.39, 0.29) is 23.4 Å². The number of halogens is 3. The third kappa shape index (κ3) is 2.77. The van der Waals surface area contributed by atoms with E-state index in [1.807, 2.05) is 4.90 Å². The van der Waals surface area contributed by atoms with Gasteiger partial charge in [-0.1, -0.05) is 0 Å². The monoisotopic (exact) mass is 299 g/mol. The number of carboxylic acid groups (broad SMARTS) is 1. The van der Waals surface area contributed by atoms with Gasteiger partial charge in [0.25, 0.3) is 0 Å². The van der Waals surface area contributed by atoms with Crippen molar-refractivity contribution in [2.24, 2.45) is 11.8 Å². The number of hydrogen-bond acceptors (Lipinski definition) is 2. The summed E-state index contributed by atoms with van der Waals surface area (Å²) >= 11 is 0.